The summed E-state index contributed by atoms with van der Waals surface area (Å²) in [4.78, 5) is 11.4. The van der Waals surface area contributed by atoms with Crippen molar-refractivity contribution in [1.82, 2.24) is 10.2 Å². The van der Waals surface area contributed by atoms with Crippen molar-refractivity contribution in [1.29, 1.82) is 0 Å². The molecule has 1 saturated carbocycles. The van der Waals surface area contributed by atoms with E-state index in [1.54, 1.807) is 6.20 Å². The molecule has 21 heavy (non-hydrogen) atoms. The van der Waals surface area contributed by atoms with Gasteiger partial charge in [0.25, 0.3) is 5.56 Å². The van der Waals surface area contributed by atoms with Gasteiger partial charge in [-0.3, -0.25) is 4.79 Å². The Bertz CT molecular complexity index is 757. The Kier molecular flexibility index (Phi) is 2.82. The summed E-state index contributed by atoms with van der Waals surface area (Å²) in [5.41, 5.74) is 3.64. The van der Waals surface area contributed by atoms with Gasteiger partial charge in [-0.05, 0) is 36.3 Å². The van der Waals surface area contributed by atoms with Crippen molar-refractivity contribution in [3.05, 3.63) is 57.0 Å². The Morgan fingerprint density at radius 1 is 1.43 bits per heavy atom. The Balaban J connectivity index is 1.50. The third-order valence-electron chi connectivity index (χ3n) is 4.96. The number of hydrogen-bond acceptors (Lipinski definition) is 3. The van der Waals surface area contributed by atoms with Gasteiger partial charge >= 0.3 is 0 Å². The smallest absolute Gasteiger partial charge is 0.285 e. The van der Waals surface area contributed by atoms with E-state index in [-0.39, 0.29) is 10.6 Å². The number of aromatic nitrogens is 2. The molecule has 2 aliphatic carbocycles. The molecule has 1 spiro atoms. The van der Waals surface area contributed by atoms with E-state index in [2.05, 4.69) is 39.8 Å². The normalized spacial score (nSPS) is 25.9. The molecule has 2 aromatic rings. The topological polar surface area (TPSA) is 57.8 Å². The van der Waals surface area contributed by atoms with Gasteiger partial charge in [0.2, 0.25) is 0 Å². The zero-order valence-corrected chi connectivity index (χ0v) is 12.3. The first-order valence-corrected chi connectivity index (χ1v) is 7.64. The van der Waals surface area contributed by atoms with Crippen LogP contribution in [-0.2, 0) is 11.8 Å². The van der Waals surface area contributed by atoms with Gasteiger partial charge in [-0.2, -0.15) is 5.10 Å². The predicted octanol–water partition coefficient (Wildman–Crippen LogP) is 2.74. The van der Waals surface area contributed by atoms with Gasteiger partial charge in [0.05, 0.1) is 11.9 Å². The second kappa shape index (κ2) is 4.60. The molecule has 5 heteroatoms. The fourth-order valence-corrected chi connectivity index (χ4v) is 3.90. The molecule has 1 fully saturated rings. The van der Waals surface area contributed by atoms with E-state index in [1.807, 2.05) is 0 Å². The van der Waals surface area contributed by atoms with Crippen LogP contribution in [0.2, 0.25) is 5.02 Å². The van der Waals surface area contributed by atoms with Crippen LogP contribution < -0.4 is 10.9 Å². The van der Waals surface area contributed by atoms with Gasteiger partial charge in [-0.15, -0.1) is 0 Å². The number of H-pyrrole nitrogens is 1. The standard InChI is InChI=1S/C16H16ClN3O/c17-14-13(9-19-20-15(14)21)18-8-11-7-16(11)6-5-10-3-1-2-4-12(10)16/h1-4,9,11H,5-8H2,(H2,18,20,21)/t11-,16-/m0/s1. The Hall–Kier alpha value is -1.81. The van der Waals surface area contributed by atoms with Crippen molar-refractivity contribution in [2.24, 2.45) is 5.92 Å². The number of nitrogens with zero attached hydrogens (tertiary/aromatic N) is 1. The number of aromatic amines is 1. The lowest BCUT2D eigenvalue weighted by Crippen LogP contribution is -2.16. The maximum atomic E-state index is 11.4. The lowest BCUT2D eigenvalue weighted by molar-refractivity contribution is 0.609. The van der Waals surface area contributed by atoms with E-state index >= 15 is 0 Å². The molecule has 0 bridgehead atoms. The van der Waals surface area contributed by atoms with E-state index in [1.165, 1.54) is 30.4 Å². The second-order valence-corrected chi connectivity index (χ2v) is 6.40. The van der Waals surface area contributed by atoms with Gasteiger partial charge < -0.3 is 5.32 Å². The summed E-state index contributed by atoms with van der Waals surface area (Å²) in [6, 6.07) is 8.76. The number of benzene rings is 1. The lowest BCUT2D eigenvalue weighted by Gasteiger charge is -2.13. The largest absolute Gasteiger partial charge is 0.382 e. The number of rotatable bonds is 3. The summed E-state index contributed by atoms with van der Waals surface area (Å²) >= 11 is 5.98. The number of hydrogen-bond donors (Lipinski definition) is 2. The molecule has 2 aliphatic rings. The summed E-state index contributed by atoms with van der Waals surface area (Å²) in [6.07, 6.45) is 5.20. The van der Waals surface area contributed by atoms with E-state index in [0.717, 1.165) is 6.54 Å². The Labute approximate surface area is 127 Å². The molecule has 2 N–H and O–H groups in total. The van der Waals surface area contributed by atoms with Crippen LogP contribution in [0.15, 0.2) is 35.3 Å². The fraction of sp³-hybridized carbons (Fsp3) is 0.375. The van der Waals surface area contributed by atoms with Crippen LogP contribution in [0, 0.1) is 5.92 Å². The molecule has 1 aromatic heterocycles. The van der Waals surface area contributed by atoms with Crippen molar-refractivity contribution in [3.63, 3.8) is 0 Å². The van der Waals surface area contributed by atoms with Crippen molar-refractivity contribution in [2.45, 2.75) is 24.7 Å². The summed E-state index contributed by atoms with van der Waals surface area (Å²) in [6.45, 7) is 0.833. The van der Waals surface area contributed by atoms with E-state index in [4.69, 9.17) is 11.6 Å². The van der Waals surface area contributed by atoms with E-state index in [0.29, 0.717) is 17.0 Å². The van der Waals surface area contributed by atoms with Crippen LogP contribution in [0.5, 0.6) is 0 Å². The molecular formula is C16H16ClN3O. The third-order valence-corrected chi connectivity index (χ3v) is 5.34. The number of aryl methyl sites for hydroxylation is 1. The summed E-state index contributed by atoms with van der Waals surface area (Å²) in [5.74, 6) is 0.608. The van der Waals surface area contributed by atoms with Crippen molar-refractivity contribution < 1.29 is 0 Å². The average Bonchev–Trinajstić information content (AvgIpc) is 3.08. The highest BCUT2D eigenvalue weighted by Gasteiger charge is 2.57. The first-order valence-electron chi connectivity index (χ1n) is 7.26. The number of halogens is 1. The van der Waals surface area contributed by atoms with Crippen LogP contribution in [0.1, 0.15) is 24.0 Å². The molecule has 4 nitrogen and oxygen atoms in total. The summed E-state index contributed by atoms with van der Waals surface area (Å²) in [5, 5.41) is 9.58. The second-order valence-electron chi connectivity index (χ2n) is 6.02. The van der Waals surface area contributed by atoms with Crippen LogP contribution >= 0.6 is 11.6 Å². The summed E-state index contributed by atoms with van der Waals surface area (Å²) < 4.78 is 0. The zero-order chi connectivity index (χ0) is 14.4. The van der Waals surface area contributed by atoms with Crippen molar-refractivity contribution >= 4 is 17.3 Å². The van der Waals surface area contributed by atoms with E-state index < -0.39 is 0 Å². The highest BCUT2D eigenvalue weighted by Crippen LogP contribution is 2.61. The van der Waals surface area contributed by atoms with Crippen LogP contribution in [0.25, 0.3) is 0 Å². The maximum Gasteiger partial charge on any atom is 0.285 e. The first-order chi connectivity index (χ1) is 10.2. The first kappa shape index (κ1) is 12.9. The number of nitrogens with one attached hydrogen (secondary N) is 2. The van der Waals surface area contributed by atoms with Gasteiger partial charge in [-0.1, -0.05) is 35.9 Å². The van der Waals surface area contributed by atoms with Crippen molar-refractivity contribution in [2.75, 3.05) is 11.9 Å². The van der Waals surface area contributed by atoms with Crippen molar-refractivity contribution in [3.8, 4) is 0 Å². The monoisotopic (exact) mass is 301 g/mol. The molecule has 1 aromatic carbocycles. The third kappa shape index (κ3) is 1.97. The predicted molar refractivity (Wildman–Crippen MR) is 82.9 cm³/mol. The molecule has 0 radical (unpaired) electrons. The SMILES string of the molecule is O=c1[nH]ncc(NC[C@@H]2C[C@@]23CCc2ccccc23)c1Cl. The molecule has 0 aliphatic heterocycles. The minimum atomic E-state index is -0.349. The van der Waals surface area contributed by atoms with Gasteiger partial charge in [0.1, 0.15) is 5.02 Å². The molecular weight excluding hydrogens is 286 g/mol. The molecule has 108 valence electrons. The zero-order valence-electron chi connectivity index (χ0n) is 11.5. The molecule has 0 unspecified atom stereocenters. The Morgan fingerprint density at radius 3 is 3.19 bits per heavy atom. The average molecular weight is 302 g/mol. The van der Waals surface area contributed by atoms with E-state index in [9.17, 15) is 4.79 Å². The number of fused-ring (bicyclic) bond motifs is 2. The minimum absolute atomic E-state index is 0.187. The lowest BCUT2D eigenvalue weighted by atomic mass is 9.95. The van der Waals surface area contributed by atoms with Gasteiger partial charge in [-0.25, -0.2) is 5.10 Å². The van der Waals surface area contributed by atoms with Crippen LogP contribution in [0.3, 0.4) is 0 Å². The van der Waals surface area contributed by atoms with Gasteiger partial charge in [0, 0.05) is 12.0 Å². The highest BCUT2D eigenvalue weighted by molar-refractivity contribution is 6.32. The Morgan fingerprint density at radius 2 is 2.29 bits per heavy atom. The van der Waals surface area contributed by atoms with Gasteiger partial charge in [0.15, 0.2) is 0 Å². The molecule has 1 heterocycles. The molecule has 2 atom stereocenters. The van der Waals surface area contributed by atoms with Crippen LogP contribution in [-0.4, -0.2) is 16.7 Å². The minimum Gasteiger partial charge on any atom is -0.382 e. The molecule has 4 rings (SSSR count). The number of anilines is 1. The molecule has 0 saturated heterocycles. The quantitative estimate of drug-likeness (QED) is 0.916. The highest BCUT2D eigenvalue weighted by atomic mass is 35.5. The summed E-state index contributed by atoms with van der Waals surface area (Å²) in [7, 11) is 0. The molecule has 0 amide bonds. The van der Waals surface area contributed by atoms with Crippen LogP contribution in [0.4, 0.5) is 5.69 Å². The maximum absolute atomic E-state index is 11.4. The fourth-order valence-electron chi connectivity index (χ4n) is 3.74.